The Labute approximate surface area is 116 Å². The Morgan fingerprint density at radius 2 is 2.35 bits per heavy atom. The second kappa shape index (κ2) is 5.68. The maximum absolute atomic E-state index is 12.1. The average molecular weight is 273 g/mol. The number of likely N-dealkylation sites (tertiary alicyclic amines) is 1. The largest absolute Gasteiger partial charge is 0.471 e. The zero-order chi connectivity index (χ0) is 13.8. The summed E-state index contributed by atoms with van der Waals surface area (Å²) in [5, 5.41) is 4.03. The van der Waals surface area contributed by atoms with Gasteiger partial charge >= 0.3 is 0 Å². The maximum atomic E-state index is 12.1. The highest BCUT2D eigenvalue weighted by Gasteiger charge is 2.27. The molecule has 1 atom stereocenters. The van der Waals surface area contributed by atoms with E-state index in [2.05, 4.69) is 15.1 Å². The van der Waals surface area contributed by atoms with E-state index in [9.17, 15) is 4.79 Å². The topological polar surface area (TPSA) is 73.1 Å². The van der Waals surface area contributed by atoms with Gasteiger partial charge in [-0.3, -0.25) is 14.5 Å². The smallest absolute Gasteiger partial charge is 0.244 e. The molecule has 2 aromatic rings. The number of hydrogen-bond donors (Lipinski definition) is 0. The third kappa shape index (κ3) is 2.93. The van der Waals surface area contributed by atoms with Crippen molar-refractivity contribution in [3.05, 3.63) is 37.1 Å². The van der Waals surface area contributed by atoms with Gasteiger partial charge < -0.3 is 9.64 Å². The molecule has 1 unspecified atom stereocenters. The molecule has 0 saturated carbocycles. The standard InChI is InChI=1S/C13H15N5O2/c19-13(10-18-6-1-3-16-18)17-7-2-11(9-17)20-12-8-14-4-5-15-12/h1,3-6,8,11H,2,7,9-10H2. The first-order valence-corrected chi connectivity index (χ1v) is 6.49. The molecular formula is C13H15N5O2. The number of carbonyl (C=O) groups is 1. The van der Waals surface area contributed by atoms with Crippen LogP contribution in [-0.4, -0.2) is 49.7 Å². The van der Waals surface area contributed by atoms with Crippen molar-refractivity contribution in [3.8, 4) is 5.88 Å². The van der Waals surface area contributed by atoms with Crippen LogP contribution in [0, 0.1) is 0 Å². The van der Waals surface area contributed by atoms with E-state index in [-0.39, 0.29) is 18.6 Å². The number of carbonyl (C=O) groups excluding carboxylic acids is 1. The van der Waals surface area contributed by atoms with Crippen molar-refractivity contribution in [2.75, 3.05) is 13.1 Å². The van der Waals surface area contributed by atoms with Gasteiger partial charge in [-0.05, 0) is 6.07 Å². The summed E-state index contributed by atoms with van der Waals surface area (Å²) in [4.78, 5) is 21.9. The molecule has 0 spiro atoms. The lowest BCUT2D eigenvalue weighted by molar-refractivity contribution is -0.131. The summed E-state index contributed by atoms with van der Waals surface area (Å²) >= 11 is 0. The minimum atomic E-state index is -0.0201. The zero-order valence-corrected chi connectivity index (χ0v) is 10.9. The van der Waals surface area contributed by atoms with E-state index in [4.69, 9.17) is 4.74 Å². The Kier molecular flexibility index (Phi) is 3.58. The van der Waals surface area contributed by atoms with E-state index in [1.54, 1.807) is 46.6 Å². The van der Waals surface area contributed by atoms with Gasteiger partial charge in [-0.15, -0.1) is 0 Å². The summed E-state index contributed by atoms with van der Waals surface area (Å²) in [6.45, 7) is 1.55. The van der Waals surface area contributed by atoms with Crippen LogP contribution < -0.4 is 4.74 Å². The first kappa shape index (κ1) is 12.6. The Bertz CT molecular complexity index is 557. The lowest BCUT2D eigenvalue weighted by Crippen LogP contribution is -2.33. The van der Waals surface area contributed by atoms with Crippen LogP contribution in [0.2, 0.25) is 0 Å². The van der Waals surface area contributed by atoms with Crippen LogP contribution >= 0.6 is 0 Å². The molecule has 1 aliphatic rings. The molecule has 3 rings (SSSR count). The van der Waals surface area contributed by atoms with E-state index in [0.29, 0.717) is 19.0 Å². The van der Waals surface area contributed by atoms with Crippen molar-refractivity contribution in [1.29, 1.82) is 0 Å². The van der Waals surface area contributed by atoms with Crippen LogP contribution in [0.15, 0.2) is 37.1 Å². The Balaban J connectivity index is 1.53. The van der Waals surface area contributed by atoms with Gasteiger partial charge in [0.25, 0.3) is 0 Å². The van der Waals surface area contributed by atoms with Crippen LogP contribution in [0.25, 0.3) is 0 Å². The van der Waals surface area contributed by atoms with Crippen molar-refractivity contribution in [2.45, 2.75) is 19.1 Å². The minimum Gasteiger partial charge on any atom is -0.471 e. The molecule has 1 aliphatic heterocycles. The van der Waals surface area contributed by atoms with E-state index >= 15 is 0 Å². The lowest BCUT2D eigenvalue weighted by Gasteiger charge is -2.16. The highest BCUT2D eigenvalue weighted by molar-refractivity contribution is 5.76. The molecule has 0 radical (unpaired) electrons. The SMILES string of the molecule is O=C(Cn1cccn1)N1CCC(Oc2cnccn2)C1. The van der Waals surface area contributed by atoms with Crippen molar-refractivity contribution < 1.29 is 9.53 Å². The molecule has 7 nitrogen and oxygen atoms in total. The fraction of sp³-hybridized carbons (Fsp3) is 0.385. The molecule has 2 aromatic heterocycles. The first-order chi connectivity index (χ1) is 9.81. The molecule has 0 bridgehead atoms. The van der Waals surface area contributed by atoms with Gasteiger partial charge in [0, 0.05) is 37.8 Å². The molecule has 20 heavy (non-hydrogen) atoms. The molecule has 0 N–H and O–H groups in total. The van der Waals surface area contributed by atoms with Crippen molar-refractivity contribution >= 4 is 5.91 Å². The van der Waals surface area contributed by atoms with Gasteiger partial charge in [-0.2, -0.15) is 5.10 Å². The quantitative estimate of drug-likeness (QED) is 0.804. The van der Waals surface area contributed by atoms with Gasteiger partial charge in [0.05, 0.1) is 12.7 Å². The molecular weight excluding hydrogens is 258 g/mol. The van der Waals surface area contributed by atoms with E-state index in [1.165, 1.54) is 0 Å². The summed E-state index contributed by atoms with van der Waals surface area (Å²) in [7, 11) is 0. The predicted molar refractivity (Wildman–Crippen MR) is 69.9 cm³/mol. The van der Waals surface area contributed by atoms with E-state index < -0.39 is 0 Å². The molecule has 3 heterocycles. The summed E-state index contributed by atoms with van der Waals surface area (Å²) in [5.41, 5.74) is 0. The van der Waals surface area contributed by atoms with Gasteiger partial charge in [0.15, 0.2) is 0 Å². The van der Waals surface area contributed by atoms with Crippen LogP contribution in [0.5, 0.6) is 5.88 Å². The zero-order valence-electron chi connectivity index (χ0n) is 10.9. The second-order valence-corrected chi connectivity index (χ2v) is 4.62. The molecule has 0 aliphatic carbocycles. The summed E-state index contributed by atoms with van der Waals surface area (Å²) in [6, 6.07) is 1.80. The van der Waals surface area contributed by atoms with E-state index in [0.717, 1.165) is 6.42 Å². The van der Waals surface area contributed by atoms with Gasteiger partial charge in [-0.1, -0.05) is 0 Å². The van der Waals surface area contributed by atoms with Crippen molar-refractivity contribution in [3.63, 3.8) is 0 Å². The number of ether oxygens (including phenoxy) is 1. The highest BCUT2D eigenvalue weighted by atomic mass is 16.5. The normalized spacial score (nSPS) is 18.2. The Hall–Kier alpha value is -2.44. The molecule has 1 saturated heterocycles. The predicted octanol–water partition coefficient (Wildman–Crippen LogP) is 0.353. The fourth-order valence-corrected chi connectivity index (χ4v) is 2.20. The van der Waals surface area contributed by atoms with Crippen LogP contribution in [-0.2, 0) is 11.3 Å². The van der Waals surface area contributed by atoms with Crippen LogP contribution in [0.3, 0.4) is 0 Å². The van der Waals surface area contributed by atoms with Gasteiger partial charge in [0.2, 0.25) is 11.8 Å². The monoisotopic (exact) mass is 273 g/mol. The number of amides is 1. The van der Waals surface area contributed by atoms with Crippen molar-refractivity contribution in [2.24, 2.45) is 0 Å². The molecule has 1 amide bonds. The third-order valence-corrected chi connectivity index (χ3v) is 3.18. The summed E-state index contributed by atoms with van der Waals surface area (Å²) < 4.78 is 7.33. The molecule has 104 valence electrons. The van der Waals surface area contributed by atoms with Crippen molar-refractivity contribution in [1.82, 2.24) is 24.6 Å². The summed E-state index contributed by atoms with van der Waals surface area (Å²) in [6.07, 6.45) is 8.99. The third-order valence-electron chi connectivity index (χ3n) is 3.18. The minimum absolute atomic E-state index is 0.0201. The number of hydrogen-bond acceptors (Lipinski definition) is 5. The first-order valence-electron chi connectivity index (χ1n) is 6.49. The van der Waals surface area contributed by atoms with Crippen LogP contribution in [0.4, 0.5) is 0 Å². The van der Waals surface area contributed by atoms with Gasteiger partial charge in [0.1, 0.15) is 12.6 Å². The fourth-order valence-electron chi connectivity index (χ4n) is 2.20. The molecule has 7 heteroatoms. The lowest BCUT2D eigenvalue weighted by atomic mass is 10.3. The van der Waals surface area contributed by atoms with Gasteiger partial charge in [-0.25, -0.2) is 4.98 Å². The molecule has 0 aromatic carbocycles. The molecule has 1 fully saturated rings. The summed E-state index contributed by atoms with van der Waals surface area (Å²) in [5.74, 6) is 0.554. The Morgan fingerprint density at radius 1 is 1.40 bits per heavy atom. The second-order valence-electron chi connectivity index (χ2n) is 4.62. The highest BCUT2D eigenvalue weighted by Crippen LogP contribution is 2.15. The Morgan fingerprint density at radius 3 is 3.10 bits per heavy atom. The maximum Gasteiger partial charge on any atom is 0.244 e. The number of nitrogens with zero attached hydrogens (tertiary/aromatic N) is 5. The number of rotatable bonds is 4. The number of aromatic nitrogens is 4. The average Bonchev–Trinajstić information content (AvgIpc) is 3.11. The van der Waals surface area contributed by atoms with E-state index in [1.807, 2.05) is 0 Å². The van der Waals surface area contributed by atoms with Crippen LogP contribution in [0.1, 0.15) is 6.42 Å².